The van der Waals surface area contributed by atoms with Crippen molar-refractivity contribution in [3.63, 3.8) is 0 Å². The van der Waals surface area contributed by atoms with E-state index in [1.54, 1.807) is 36.5 Å². The number of furan rings is 1. The fraction of sp³-hybridized carbons (Fsp3) is 0.0968. The quantitative estimate of drug-likeness (QED) is 0.181. The van der Waals surface area contributed by atoms with Crippen molar-refractivity contribution >= 4 is 21.9 Å². The minimum absolute atomic E-state index is 0. The van der Waals surface area contributed by atoms with Crippen molar-refractivity contribution in [3.05, 3.63) is 120 Å². The third-order valence-electron chi connectivity index (χ3n) is 5.36. The van der Waals surface area contributed by atoms with Crippen molar-refractivity contribution in [1.82, 2.24) is 9.97 Å². The standard InChI is InChI=1S/C18H12NO.C13H12N.Ir/c1-12-8-9-13-14-5-4-6-15(16-7-2-3-10-19-16)18(14)20-17(13)11-12;1-10-3-6-12(7-4-10)13-8-5-11(2)9-14-13;/h2-5,7-11H,1H3;3-6,8-9H,1-2H3;/q2*-1;/i1D3;2D3;. The van der Waals surface area contributed by atoms with Crippen LogP contribution in [-0.4, -0.2) is 9.97 Å². The first-order chi connectivity index (χ1) is 19.0. The minimum atomic E-state index is -2.15. The Hall–Kier alpha value is -3.59. The summed E-state index contributed by atoms with van der Waals surface area (Å²) in [7, 11) is 0. The molecule has 0 amide bonds. The van der Waals surface area contributed by atoms with Crippen LogP contribution in [0.4, 0.5) is 0 Å². The number of benzene rings is 3. The molecule has 6 aromatic rings. The summed E-state index contributed by atoms with van der Waals surface area (Å²) in [6.07, 6.45) is 3.12. The zero-order valence-electron chi connectivity index (χ0n) is 24.8. The predicted molar refractivity (Wildman–Crippen MR) is 139 cm³/mol. The van der Waals surface area contributed by atoms with Gasteiger partial charge in [0.15, 0.2) is 0 Å². The van der Waals surface area contributed by atoms with E-state index < -0.39 is 13.7 Å². The third kappa shape index (κ3) is 5.40. The normalized spacial score (nSPS) is 13.7. The molecule has 0 aliphatic heterocycles. The second kappa shape index (κ2) is 10.8. The molecule has 0 saturated heterocycles. The van der Waals surface area contributed by atoms with Crippen molar-refractivity contribution in [2.45, 2.75) is 20.6 Å². The molecule has 1 radical (unpaired) electrons. The second-order valence-electron chi connectivity index (χ2n) is 7.84. The van der Waals surface area contributed by atoms with E-state index in [1.807, 2.05) is 55.5 Å². The topological polar surface area (TPSA) is 38.9 Å². The van der Waals surface area contributed by atoms with E-state index in [4.69, 9.17) is 12.6 Å². The first-order valence-corrected chi connectivity index (χ1v) is 10.7. The Bertz CT molecular complexity index is 1760. The van der Waals surface area contributed by atoms with Crippen LogP contribution in [0, 0.1) is 32.8 Å². The molecule has 35 heavy (non-hydrogen) atoms. The predicted octanol–water partition coefficient (Wildman–Crippen LogP) is 7.92. The molecule has 3 nitrogen and oxygen atoms in total. The van der Waals surface area contributed by atoms with Crippen LogP contribution in [0.25, 0.3) is 44.5 Å². The first-order valence-electron chi connectivity index (χ1n) is 13.7. The summed E-state index contributed by atoms with van der Waals surface area (Å²) in [6, 6.07) is 29.8. The second-order valence-corrected chi connectivity index (χ2v) is 7.84. The molecule has 175 valence electrons. The van der Waals surface area contributed by atoms with Crippen molar-refractivity contribution in [1.29, 1.82) is 0 Å². The zero-order chi connectivity index (χ0) is 28.5. The van der Waals surface area contributed by atoms with Gasteiger partial charge in [0, 0.05) is 46.1 Å². The largest absolute Gasteiger partial charge is 0.501 e. The van der Waals surface area contributed by atoms with E-state index in [9.17, 15) is 0 Å². The molecule has 6 rings (SSSR count). The van der Waals surface area contributed by atoms with Crippen molar-refractivity contribution in [3.8, 4) is 22.5 Å². The number of pyridine rings is 2. The maximum atomic E-state index is 7.53. The Balaban J connectivity index is 0.000000193. The van der Waals surface area contributed by atoms with Gasteiger partial charge in [-0.3, -0.25) is 0 Å². The van der Waals surface area contributed by atoms with Crippen LogP contribution in [-0.2, 0) is 20.1 Å². The summed E-state index contributed by atoms with van der Waals surface area (Å²) in [5.74, 6) is 0. The molecule has 0 aliphatic rings. The van der Waals surface area contributed by atoms with Crippen molar-refractivity contribution in [2.75, 3.05) is 0 Å². The first kappa shape index (κ1) is 17.8. The SMILES string of the molecule is [2H]C([2H])([2H])c1ccc(-c2[c-]cc(C)cc2)nc1.[2H]C([2H])([2H])c1ccc2c(c1)oc1c(-c3ccccn3)[c-]ccc12.[Ir]. The van der Waals surface area contributed by atoms with Crippen LogP contribution < -0.4 is 0 Å². The average molecular weight is 639 g/mol. The maximum absolute atomic E-state index is 7.53. The molecular formula is C31H24IrN2O-2. The fourth-order valence-electron chi connectivity index (χ4n) is 3.66. The molecule has 4 heteroatoms. The summed E-state index contributed by atoms with van der Waals surface area (Å²) < 4.78 is 50.3. The molecule has 0 fully saturated rings. The van der Waals surface area contributed by atoms with Crippen molar-refractivity contribution in [2.24, 2.45) is 0 Å². The number of aromatic nitrogens is 2. The van der Waals surface area contributed by atoms with Gasteiger partial charge in [-0.1, -0.05) is 54.3 Å². The van der Waals surface area contributed by atoms with Crippen LogP contribution >= 0.6 is 0 Å². The van der Waals surface area contributed by atoms with Gasteiger partial charge in [0.1, 0.15) is 5.58 Å². The summed E-state index contributed by atoms with van der Waals surface area (Å²) >= 11 is 0. The number of nitrogens with zero attached hydrogens (tertiary/aromatic N) is 2. The summed E-state index contributed by atoms with van der Waals surface area (Å²) in [4.78, 5) is 8.50. The molecule has 3 aromatic heterocycles. The molecule has 0 spiro atoms. The Morgan fingerprint density at radius 1 is 0.800 bits per heavy atom. The Morgan fingerprint density at radius 3 is 2.37 bits per heavy atom. The number of fused-ring (bicyclic) bond motifs is 3. The third-order valence-corrected chi connectivity index (χ3v) is 5.36. The van der Waals surface area contributed by atoms with Gasteiger partial charge in [0.2, 0.25) is 0 Å². The molecular weight excluding hydrogens is 609 g/mol. The van der Waals surface area contributed by atoms with E-state index in [0.29, 0.717) is 11.2 Å². The van der Waals surface area contributed by atoms with Crippen LogP contribution in [0.5, 0.6) is 0 Å². The van der Waals surface area contributed by atoms with Gasteiger partial charge in [-0.05, 0) is 48.4 Å². The van der Waals surface area contributed by atoms with Gasteiger partial charge >= 0.3 is 0 Å². The number of hydrogen-bond donors (Lipinski definition) is 0. The molecule has 0 atom stereocenters. The summed E-state index contributed by atoms with van der Waals surface area (Å²) in [6.45, 7) is -2.25. The van der Waals surface area contributed by atoms with Crippen LogP contribution in [0.15, 0.2) is 95.7 Å². The van der Waals surface area contributed by atoms with Gasteiger partial charge in [-0.2, -0.15) is 0 Å². The fourth-order valence-corrected chi connectivity index (χ4v) is 3.66. The maximum Gasteiger partial charge on any atom is 0.121 e. The van der Waals surface area contributed by atoms with E-state index >= 15 is 0 Å². The van der Waals surface area contributed by atoms with E-state index in [-0.39, 0.29) is 31.2 Å². The van der Waals surface area contributed by atoms with E-state index in [0.717, 1.165) is 38.9 Å². The van der Waals surface area contributed by atoms with Crippen LogP contribution in [0.3, 0.4) is 0 Å². The molecule has 0 N–H and O–H groups in total. The average Bonchev–Trinajstić information content (AvgIpc) is 3.32. The smallest absolute Gasteiger partial charge is 0.121 e. The van der Waals surface area contributed by atoms with Crippen molar-refractivity contribution < 1.29 is 32.7 Å². The Kier molecular flexibility index (Phi) is 5.48. The number of rotatable bonds is 2. The van der Waals surface area contributed by atoms with Gasteiger partial charge in [0.05, 0.1) is 5.58 Å². The molecule has 0 aliphatic carbocycles. The summed E-state index contributed by atoms with van der Waals surface area (Å²) in [5.41, 5.74) is 6.04. The van der Waals surface area contributed by atoms with E-state index in [2.05, 4.69) is 22.1 Å². The zero-order valence-corrected chi connectivity index (χ0v) is 21.2. The Morgan fingerprint density at radius 2 is 1.66 bits per heavy atom. The van der Waals surface area contributed by atoms with Crippen LogP contribution in [0.1, 0.15) is 24.9 Å². The summed E-state index contributed by atoms with van der Waals surface area (Å²) in [5, 5.41) is 1.82. The number of aryl methyl sites for hydroxylation is 3. The molecule has 0 saturated carbocycles. The van der Waals surface area contributed by atoms with Gasteiger partial charge in [-0.15, -0.1) is 53.6 Å². The molecule has 0 bridgehead atoms. The monoisotopic (exact) mass is 639 g/mol. The van der Waals surface area contributed by atoms with Gasteiger partial charge in [-0.25, -0.2) is 0 Å². The Labute approximate surface area is 227 Å². The molecule has 3 aromatic carbocycles. The molecule has 0 unspecified atom stereocenters. The van der Waals surface area contributed by atoms with Gasteiger partial charge in [0.25, 0.3) is 0 Å². The van der Waals surface area contributed by atoms with E-state index in [1.165, 1.54) is 6.20 Å². The van der Waals surface area contributed by atoms with Gasteiger partial charge < -0.3 is 14.4 Å². The molecule has 3 heterocycles. The minimum Gasteiger partial charge on any atom is -0.501 e. The van der Waals surface area contributed by atoms with Crippen LogP contribution in [0.2, 0.25) is 0 Å². The number of hydrogen-bond acceptors (Lipinski definition) is 3.